The van der Waals surface area contributed by atoms with Crippen LogP contribution in [0.3, 0.4) is 0 Å². The molecule has 0 aromatic carbocycles. The highest BCUT2D eigenvalue weighted by Gasteiger charge is 2.30. The van der Waals surface area contributed by atoms with E-state index in [-0.39, 0.29) is 11.9 Å². The number of aryl methyl sites for hydroxylation is 3. The van der Waals surface area contributed by atoms with Gasteiger partial charge in [-0.05, 0) is 27.0 Å². The first-order valence-electron chi connectivity index (χ1n) is 7.92. The first-order chi connectivity index (χ1) is 11.0. The van der Waals surface area contributed by atoms with Crippen molar-refractivity contribution in [2.24, 2.45) is 7.05 Å². The number of nitrogens with zero attached hydrogens (tertiary/aromatic N) is 6. The molecule has 0 N–H and O–H groups in total. The summed E-state index contributed by atoms with van der Waals surface area (Å²) in [7, 11) is 4.08. The third-order valence-corrected chi connectivity index (χ3v) is 4.55. The van der Waals surface area contributed by atoms with Gasteiger partial charge in [0.25, 0.3) is 0 Å². The van der Waals surface area contributed by atoms with Gasteiger partial charge < -0.3 is 9.47 Å². The summed E-state index contributed by atoms with van der Waals surface area (Å²) >= 11 is 0. The number of carbonyl (C=O) groups excluding carboxylic acids is 1. The Kier molecular flexibility index (Phi) is 4.21. The van der Waals surface area contributed by atoms with Gasteiger partial charge >= 0.3 is 0 Å². The van der Waals surface area contributed by atoms with Gasteiger partial charge in [0.15, 0.2) is 0 Å². The quantitative estimate of drug-likeness (QED) is 0.838. The lowest BCUT2D eigenvalue weighted by atomic mass is 10.1. The molecule has 1 amide bonds. The number of likely N-dealkylation sites (N-methyl/N-ethyl adjacent to an activating group) is 1. The summed E-state index contributed by atoms with van der Waals surface area (Å²) in [6.45, 7) is 6.49. The van der Waals surface area contributed by atoms with Crippen LogP contribution in [0.15, 0.2) is 18.5 Å². The normalized spacial score (nSPS) is 19.3. The SMILES string of the molecule is Cc1cc(C)n(CC(=O)N2CCN(C)[C@H](c3nccn3C)C2)n1. The molecule has 0 aliphatic carbocycles. The Morgan fingerprint density at radius 1 is 1.30 bits per heavy atom. The Hall–Kier alpha value is -2.15. The standard InChI is InChI=1S/C16H24N6O/c1-12-9-13(2)22(18-12)11-15(23)21-8-7-19(3)14(10-21)16-17-5-6-20(16)4/h5-6,9,14H,7-8,10-11H2,1-4H3/t14-/m0/s1. The molecule has 0 saturated carbocycles. The van der Waals surface area contributed by atoms with E-state index in [0.29, 0.717) is 13.1 Å². The molecule has 1 atom stereocenters. The van der Waals surface area contributed by atoms with Crippen LogP contribution in [0.5, 0.6) is 0 Å². The molecule has 7 nitrogen and oxygen atoms in total. The lowest BCUT2D eigenvalue weighted by molar-refractivity contribution is -0.135. The van der Waals surface area contributed by atoms with Gasteiger partial charge in [-0.1, -0.05) is 0 Å². The van der Waals surface area contributed by atoms with Crippen molar-refractivity contribution in [1.82, 2.24) is 29.1 Å². The van der Waals surface area contributed by atoms with E-state index < -0.39 is 0 Å². The fraction of sp³-hybridized carbons (Fsp3) is 0.562. The molecule has 0 radical (unpaired) electrons. The highest BCUT2D eigenvalue weighted by Crippen LogP contribution is 2.22. The summed E-state index contributed by atoms with van der Waals surface area (Å²) in [6, 6.07) is 2.13. The second-order valence-corrected chi connectivity index (χ2v) is 6.32. The van der Waals surface area contributed by atoms with Crippen LogP contribution in [0.25, 0.3) is 0 Å². The smallest absolute Gasteiger partial charge is 0.244 e. The number of rotatable bonds is 3. The van der Waals surface area contributed by atoms with Gasteiger partial charge in [0.05, 0.1) is 11.7 Å². The predicted octanol–water partition coefficient (Wildman–Crippen LogP) is 0.749. The summed E-state index contributed by atoms with van der Waals surface area (Å²) < 4.78 is 3.81. The number of piperazine rings is 1. The molecule has 3 rings (SSSR count). The lowest BCUT2D eigenvalue weighted by Gasteiger charge is -2.39. The third-order valence-electron chi connectivity index (χ3n) is 4.55. The van der Waals surface area contributed by atoms with Gasteiger partial charge in [-0.3, -0.25) is 14.4 Å². The topological polar surface area (TPSA) is 59.2 Å². The van der Waals surface area contributed by atoms with Gasteiger partial charge in [-0.2, -0.15) is 5.10 Å². The summed E-state index contributed by atoms with van der Waals surface area (Å²) in [4.78, 5) is 21.3. The first-order valence-corrected chi connectivity index (χ1v) is 7.92. The largest absolute Gasteiger partial charge is 0.338 e. The van der Waals surface area contributed by atoms with Crippen LogP contribution in [0.2, 0.25) is 0 Å². The van der Waals surface area contributed by atoms with Crippen molar-refractivity contribution in [3.63, 3.8) is 0 Å². The zero-order valence-electron chi connectivity index (χ0n) is 14.2. The van der Waals surface area contributed by atoms with Crippen LogP contribution in [-0.4, -0.2) is 61.7 Å². The molecule has 2 aromatic rings. The monoisotopic (exact) mass is 316 g/mol. The van der Waals surface area contributed by atoms with Gasteiger partial charge in [0, 0.05) is 44.8 Å². The van der Waals surface area contributed by atoms with Gasteiger partial charge in [0.1, 0.15) is 12.4 Å². The maximum atomic E-state index is 12.7. The molecule has 3 heterocycles. The van der Waals surface area contributed by atoms with Crippen molar-refractivity contribution in [1.29, 1.82) is 0 Å². The molecule has 0 spiro atoms. The summed E-state index contributed by atoms with van der Waals surface area (Å²) in [6.07, 6.45) is 3.75. The molecular weight excluding hydrogens is 292 g/mol. The lowest BCUT2D eigenvalue weighted by Crippen LogP contribution is -2.50. The van der Waals surface area contributed by atoms with Gasteiger partial charge in [-0.25, -0.2) is 4.98 Å². The number of imidazole rings is 1. The molecule has 124 valence electrons. The molecule has 7 heteroatoms. The zero-order valence-corrected chi connectivity index (χ0v) is 14.2. The minimum absolute atomic E-state index is 0.114. The number of carbonyl (C=O) groups is 1. The Morgan fingerprint density at radius 3 is 2.70 bits per heavy atom. The number of aromatic nitrogens is 4. The van der Waals surface area contributed by atoms with Gasteiger partial charge in [-0.15, -0.1) is 0 Å². The van der Waals surface area contributed by atoms with Crippen LogP contribution < -0.4 is 0 Å². The first kappa shape index (κ1) is 15.7. The number of hydrogen-bond acceptors (Lipinski definition) is 4. The van der Waals surface area contributed by atoms with E-state index in [2.05, 4.69) is 22.0 Å². The van der Waals surface area contributed by atoms with E-state index in [1.165, 1.54) is 0 Å². The fourth-order valence-electron chi connectivity index (χ4n) is 3.14. The molecular formula is C16H24N6O. The third kappa shape index (κ3) is 3.14. The van der Waals surface area contributed by atoms with E-state index in [9.17, 15) is 4.79 Å². The average molecular weight is 316 g/mol. The molecule has 0 unspecified atom stereocenters. The van der Waals surface area contributed by atoms with Crippen LogP contribution in [0, 0.1) is 13.8 Å². The molecule has 1 aliphatic heterocycles. The highest BCUT2D eigenvalue weighted by molar-refractivity contribution is 5.76. The molecule has 0 bridgehead atoms. The van der Waals surface area contributed by atoms with Crippen molar-refractivity contribution in [3.05, 3.63) is 35.7 Å². The van der Waals surface area contributed by atoms with E-state index in [4.69, 9.17) is 0 Å². The number of hydrogen-bond donors (Lipinski definition) is 0. The predicted molar refractivity (Wildman–Crippen MR) is 86.9 cm³/mol. The molecule has 2 aromatic heterocycles. The molecule has 1 aliphatic rings. The Morgan fingerprint density at radius 2 is 2.09 bits per heavy atom. The summed E-state index contributed by atoms with van der Waals surface area (Å²) in [5, 5.41) is 4.39. The van der Waals surface area contributed by atoms with Crippen molar-refractivity contribution in [2.75, 3.05) is 26.7 Å². The van der Waals surface area contributed by atoms with Crippen molar-refractivity contribution in [2.45, 2.75) is 26.4 Å². The Labute approximate surface area is 136 Å². The molecule has 1 saturated heterocycles. The van der Waals surface area contributed by atoms with Gasteiger partial charge in [0.2, 0.25) is 5.91 Å². The minimum Gasteiger partial charge on any atom is -0.338 e. The second kappa shape index (κ2) is 6.16. The summed E-state index contributed by atoms with van der Waals surface area (Å²) in [5.41, 5.74) is 1.96. The van der Waals surface area contributed by atoms with Crippen LogP contribution in [0.4, 0.5) is 0 Å². The van der Waals surface area contributed by atoms with Crippen LogP contribution >= 0.6 is 0 Å². The van der Waals surface area contributed by atoms with Crippen molar-refractivity contribution >= 4 is 5.91 Å². The Bertz CT molecular complexity index is 703. The van der Waals surface area contributed by atoms with Crippen LogP contribution in [-0.2, 0) is 18.4 Å². The van der Waals surface area contributed by atoms with E-state index in [0.717, 1.165) is 30.3 Å². The molecule has 1 fully saturated rings. The van der Waals surface area contributed by atoms with E-state index in [1.54, 1.807) is 10.9 Å². The average Bonchev–Trinajstić information content (AvgIpc) is 3.05. The number of amides is 1. The maximum Gasteiger partial charge on any atom is 0.244 e. The second-order valence-electron chi connectivity index (χ2n) is 6.32. The molecule has 23 heavy (non-hydrogen) atoms. The fourth-order valence-corrected chi connectivity index (χ4v) is 3.14. The van der Waals surface area contributed by atoms with E-state index >= 15 is 0 Å². The minimum atomic E-state index is 0.114. The zero-order chi connectivity index (χ0) is 16.6. The highest BCUT2D eigenvalue weighted by atomic mass is 16.2. The summed E-state index contributed by atoms with van der Waals surface area (Å²) in [5.74, 6) is 1.11. The van der Waals surface area contributed by atoms with E-state index in [1.807, 2.05) is 42.6 Å². The van der Waals surface area contributed by atoms with Crippen molar-refractivity contribution < 1.29 is 4.79 Å². The maximum absolute atomic E-state index is 12.7. The van der Waals surface area contributed by atoms with Crippen LogP contribution in [0.1, 0.15) is 23.3 Å². The Balaban J connectivity index is 1.72. The van der Waals surface area contributed by atoms with Crippen molar-refractivity contribution in [3.8, 4) is 0 Å².